The number of nitro groups is 1. The molecule has 0 heterocycles. The third kappa shape index (κ3) is 1.94. The second kappa shape index (κ2) is 3.97. The molecule has 0 aliphatic heterocycles. The Morgan fingerprint density at radius 2 is 2.29 bits per heavy atom. The number of aryl methyl sites for hydroxylation is 1. The number of hydrogen-bond donors (Lipinski definition) is 2. The first-order valence-corrected chi connectivity index (χ1v) is 4.00. The van der Waals surface area contributed by atoms with E-state index in [4.69, 9.17) is 10.5 Å². The van der Waals surface area contributed by atoms with E-state index < -0.39 is 11.5 Å². The first-order valence-electron chi connectivity index (χ1n) is 4.00. The molecule has 0 bridgehead atoms. The monoisotopic (exact) mass is 194 g/mol. The molecule has 0 radical (unpaired) electrons. The number of benzene rings is 1. The predicted octanol–water partition coefficient (Wildman–Crippen LogP) is 1.26. The van der Waals surface area contributed by atoms with E-state index in [-0.39, 0.29) is 11.4 Å². The highest BCUT2D eigenvalue weighted by atomic mass is 16.6. The summed E-state index contributed by atoms with van der Waals surface area (Å²) in [5.41, 5.74) is 0.878. The van der Waals surface area contributed by atoms with Crippen LogP contribution in [0.3, 0.4) is 0 Å². The standard InChI is InChI=1S/C9H10N2O3/c1-6-2-3-7(8(10)5-12)4-9(6)11(13)14/h2-4,10,12H,5H2,1H3. The van der Waals surface area contributed by atoms with E-state index >= 15 is 0 Å². The second-order valence-corrected chi connectivity index (χ2v) is 2.90. The molecule has 1 rings (SSSR count). The van der Waals surface area contributed by atoms with Gasteiger partial charge in [0.15, 0.2) is 0 Å². The molecule has 0 saturated heterocycles. The highest BCUT2D eigenvalue weighted by molar-refractivity contribution is 5.99. The van der Waals surface area contributed by atoms with E-state index in [9.17, 15) is 10.1 Å². The van der Waals surface area contributed by atoms with Gasteiger partial charge >= 0.3 is 0 Å². The normalized spacial score (nSPS) is 9.86. The SMILES string of the molecule is Cc1ccc(C(=N)CO)cc1[N+](=O)[O-]. The highest BCUT2D eigenvalue weighted by Crippen LogP contribution is 2.19. The highest BCUT2D eigenvalue weighted by Gasteiger charge is 2.12. The maximum Gasteiger partial charge on any atom is 0.272 e. The molecule has 5 heteroatoms. The Labute approximate surface area is 80.7 Å². The number of rotatable bonds is 3. The molecular weight excluding hydrogens is 184 g/mol. The van der Waals surface area contributed by atoms with Crippen molar-refractivity contribution >= 4 is 11.4 Å². The summed E-state index contributed by atoms with van der Waals surface area (Å²) in [5, 5.41) is 26.6. The Morgan fingerprint density at radius 1 is 1.64 bits per heavy atom. The first kappa shape index (κ1) is 10.3. The van der Waals surface area contributed by atoms with Crippen LogP contribution < -0.4 is 0 Å². The van der Waals surface area contributed by atoms with Crippen molar-refractivity contribution in [3.8, 4) is 0 Å². The molecule has 5 nitrogen and oxygen atoms in total. The van der Waals surface area contributed by atoms with Crippen LogP contribution in [0.5, 0.6) is 0 Å². The molecule has 0 amide bonds. The quantitative estimate of drug-likeness (QED) is 0.431. The summed E-state index contributed by atoms with van der Waals surface area (Å²) >= 11 is 0. The van der Waals surface area contributed by atoms with Gasteiger partial charge in [0.2, 0.25) is 0 Å². The molecule has 0 saturated carbocycles. The summed E-state index contributed by atoms with van der Waals surface area (Å²) in [6, 6.07) is 4.45. The van der Waals surface area contributed by atoms with Crippen LogP contribution in [0.1, 0.15) is 11.1 Å². The largest absolute Gasteiger partial charge is 0.390 e. The number of aliphatic hydroxyl groups is 1. The van der Waals surface area contributed by atoms with E-state index in [1.165, 1.54) is 6.07 Å². The molecular formula is C9H10N2O3. The van der Waals surface area contributed by atoms with Gasteiger partial charge in [0.25, 0.3) is 5.69 Å². The summed E-state index contributed by atoms with van der Waals surface area (Å²) < 4.78 is 0. The van der Waals surface area contributed by atoms with Crippen LogP contribution in [0.2, 0.25) is 0 Å². The third-order valence-corrected chi connectivity index (χ3v) is 1.91. The van der Waals surface area contributed by atoms with Gasteiger partial charge in [-0.2, -0.15) is 0 Å². The molecule has 0 unspecified atom stereocenters. The molecule has 74 valence electrons. The van der Waals surface area contributed by atoms with Crippen molar-refractivity contribution in [2.75, 3.05) is 6.61 Å². The Morgan fingerprint density at radius 3 is 2.79 bits per heavy atom. The summed E-state index contributed by atoms with van der Waals surface area (Å²) in [5.74, 6) is 0. The van der Waals surface area contributed by atoms with E-state index in [1.807, 2.05) is 0 Å². The van der Waals surface area contributed by atoms with E-state index in [0.717, 1.165) is 0 Å². The molecule has 1 aromatic carbocycles. The summed E-state index contributed by atoms with van der Waals surface area (Å²) in [7, 11) is 0. The average molecular weight is 194 g/mol. The van der Waals surface area contributed by atoms with Crippen LogP contribution in [0.15, 0.2) is 18.2 Å². The summed E-state index contributed by atoms with van der Waals surface area (Å²) in [6.07, 6.45) is 0. The van der Waals surface area contributed by atoms with Gasteiger partial charge in [-0.1, -0.05) is 12.1 Å². The average Bonchev–Trinajstić information content (AvgIpc) is 2.17. The van der Waals surface area contributed by atoms with Gasteiger partial charge in [-0.3, -0.25) is 10.1 Å². The Bertz CT molecular complexity index is 388. The van der Waals surface area contributed by atoms with Gasteiger partial charge in [0.1, 0.15) is 0 Å². The zero-order valence-electron chi connectivity index (χ0n) is 7.65. The van der Waals surface area contributed by atoms with Crippen molar-refractivity contribution in [1.29, 1.82) is 5.41 Å². The minimum absolute atomic E-state index is 0.0203. The summed E-state index contributed by atoms with van der Waals surface area (Å²) in [6.45, 7) is 1.21. The Kier molecular flexibility index (Phi) is 2.93. The van der Waals surface area contributed by atoms with Crippen LogP contribution >= 0.6 is 0 Å². The summed E-state index contributed by atoms with van der Waals surface area (Å²) in [4.78, 5) is 10.1. The molecule has 0 atom stereocenters. The maximum absolute atomic E-state index is 10.6. The lowest BCUT2D eigenvalue weighted by Crippen LogP contribution is -2.05. The van der Waals surface area contributed by atoms with Gasteiger partial charge in [-0.25, -0.2) is 0 Å². The van der Waals surface area contributed by atoms with Crippen LogP contribution in [-0.4, -0.2) is 22.3 Å². The van der Waals surface area contributed by atoms with Crippen molar-refractivity contribution in [3.05, 3.63) is 39.4 Å². The van der Waals surface area contributed by atoms with Gasteiger partial charge in [0.05, 0.1) is 17.2 Å². The molecule has 1 aromatic rings. The van der Waals surface area contributed by atoms with Crippen molar-refractivity contribution < 1.29 is 10.0 Å². The predicted molar refractivity (Wildman–Crippen MR) is 51.7 cm³/mol. The fraction of sp³-hybridized carbons (Fsp3) is 0.222. The van der Waals surface area contributed by atoms with E-state index in [0.29, 0.717) is 11.1 Å². The molecule has 0 spiro atoms. The minimum Gasteiger partial charge on any atom is -0.390 e. The molecule has 0 aliphatic rings. The van der Waals surface area contributed by atoms with Crippen LogP contribution in [0.25, 0.3) is 0 Å². The van der Waals surface area contributed by atoms with Gasteiger partial charge in [0, 0.05) is 17.2 Å². The molecule has 0 aliphatic carbocycles. The fourth-order valence-electron chi connectivity index (χ4n) is 1.09. The van der Waals surface area contributed by atoms with Crippen molar-refractivity contribution in [1.82, 2.24) is 0 Å². The minimum atomic E-state index is -0.497. The first-order chi connectivity index (χ1) is 6.56. The van der Waals surface area contributed by atoms with Gasteiger partial charge in [-0.15, -0.1) is 0 Å². The number of nitrogens with one attached hydrogen (secondary N) is 1. The zero-order valence-corrected chi connectivity index (χ0v) is 7.65. The van der Waals surface area contributed by atoms with Crippen LogP contribution in [0.4, 0.5) is 5.69 Å². The Balaban J connectivity index is 3.19. The topological polar surface area (TPSA) is 87.2 Å². The second-order valence-electron chi connectivity index (χ2n) is 2.90. The number of aliphatic hydroxyl groups excluding tert-OH is 1. The van der Waals surface area contributed by atoms with Gasteiger partial charge in [-0.05, 0) is 6.92 Å². The third-order valence-electron chi connectivity index (χ3n) is 1.91. The molecule has 0 fully saturated rings. The van der Waals surface area contributed by atoms with E-state index in [1.54, 1.807) is 19.1 Å². The molecule has 2 N–H and O–H groups in total. The zero-order chi connectivity index (χ0) is 10.7. The molecule has 14 heavy (non-hydrogen) atoms. The van der Waals surface area contributed by atoms with E-state index in [2.05, 4.69) is 0 Å². The number of nitrogens with zero attached hydrogens (tertiary/aromatic N) is 1. The maximum atomic E-state index is 10.6. The lowest BCUT2D eigenvalue weighted by molar-refractivity contribution is -0.385. The lowest BCUT2D eigenvalue weighted by Gasteiger charge is -2.02. The smallest absolute Gasteiger partial charge is 0.272 e. The fourth-order valence-corrected chi connectivity index (χ4v) is 1.09. The van der Waals surface area contributed by atoms with Crippen molar-refractivity contribution in [2.45, 2.75) is 6.92 Å². The van der Waals surface area contributed by atoms with Crippen molar-refractivity contribution in [3.63, 3.8) is 0 Å². The number of nitro benzene ring substituents is 1. The van der Waals surface area contributed by atoms with Crippen LogP contribution in [0, 0.1) is 22.4 Å². The molecule has 0 aromatic heterocycles. The Hall–Kier alpha value is -1.75. The number of hydrogen-bond acceptors (Lipinski definition) is 4. The van der Waals surface area contributed by atoms with Crippen LogP contribution in [-0.2, 0) is 0 Å². The lowest BCUT2D eigenvalue weighted by atomic mass is 10.1. The van der Waals surface area contributed by atoms with Gasteiger partial charge < -0.3 is 10.5 Å². The van der Waals surface area contributed by atoms with Crippen molar-refractivity contribution in [2.24, 2.45) is 0 Å².